The van der Waals surface area contributed by atoms with E-state index in [0.717, 1.165) is 12.1 Å². The monoisotopic (exact) mass is 287 g/mol. The predicted molar refractivity (Wildman–Crippen MR) is 64.8 cm³/mol. The predicted octanol–water partition coefficient (Wildman–Crippen LogP) is 1.60. The second kappa shape index (κ2) is 6.25. The summed E-state index contributed by atoms with van der Waals surface area (Å²) in [7, 11) is 1.53. The van der Waals surface area contributed by atoms with Crippen LogP contribution in [0.3, 0.4) is 0 Å². The molecule has 1 heterocycles. The van der Waals surface area contributed by atoms with Crippen molar-refractivity contribution in [3.8, 4) is 0 Å². The number of aliphatic carboxylic acids is 1. The van der Waals surface area contributed by atoms with Gasteiger partial charge in [-0.1, -0.05) is 6.07 Å². The first-order valence-corrected chi connectivity index (χ1v) is 6.11. The number of benzene rings is 1. The maximum Gasteiger partial charge on any atom is 0.310 e. The molecule has 1 aliphatic heterocycles. The molecule has 110 valence electrons. The molecule has 0 spiro atoms. The van der Waals surface area contributed by atoms with Gasteiger partial charge in [0.25, 0.3) is 0 Å². The van der Waals surface area contributed by atoms with Crippen LogP contribution in [0.1, 0.15) is 11.7 Å². The Morgan fingerprint density at radius 1 is 1.50 bits per heavy atom. The smallest absolute Gasteiger partial charge is 0.310 e. The molecule has 1 aliphatic rings. The van der Waals surface area contributed by atoms with Crippen LogP contribution in [0.4, 0.5) is 8.78 Å². The fourth-order valence-electron chi connectivity index (χ4n) is 2.12. The summed E-state index contributed by atoms with van der Waals surface area (Å²) in [5.41, 5.74) is 0.302. The molecule has 0 amide bonds. The molecule has 2 atom stereocenters. The molecule has 1 unspecified atom stereocenters. The highest BCUT2D eigenvalue weighted by molar-refractivity contribution is 5.71. The van der Waals surface area contributed by atoms with Crippen LogP contribution >= 0.6 is 0 Å². The molecular weight excluding hydrogens is 272 g/mol. The fourth-order valence-corrected chi connectivity index (χ4v) is 2.12. The number of nitrogens with zero attached hydrogens (tertiary/aromatic N) is 1. The van der Waals surface area contributed by atoms with E-state index in [-0.39, 0.29) is 6.54 Å². The minimum Gasteiger partial charge on any atom is -0.481 e. The lowest BCUT2D eigenvalue weighted by Crippen LogP contribution is -2.25. The summed E-state index contributed by atoms with van der Waals surface area (Å²) < 4.78 is 31.1. The number of hydrogen-bond donors (Lipinski definition) is 1. The quantitative estimate of drug-likeness (QED) is 0.891. The zero-order chi connectivity index (χ0) is 14.7. The van der Waals surface area contributed by atoms with E-state index in [2.05, 4.69) is 0 Å². The average Bonchev–Trinajstić information content (AvgIpc) is 2.84. The van der Waals surface area contributed by atoms with Crippen molar-refractivity contribution < 1.29 is 28.3 Å². The van der Waals surface area contributed by atoms with E-state index in [1.807, 2.05) is 0 Å². The molecule has 1 saturated heterocycles. The van der Waals surface area contributed by atoms with Crippen molar-refractivity contribution in [2.75, 3.05) is 26.8 Å². The first kappa shape index (κ1) is 14.8. The molecule has 2 rings (SSSR count). The van der Waals surface area contributed by atoms with Gasteiger partial charge >= 0.3 is 5.97 Å². The van der Waals surface area contributed by atoms with E-state index in [9.17, 15) is 18.7 Å². The lowest BCUT2D eigenvalue weighted by atomic mass is 9.96. The number of carboxylic acid groups (broad SMARTS) is 1. The molecule has 5 nitrogen and oxygen atoms in total. The summed E-state index contributed by atoms with van der Waals surface area (Å²) in [6, 6.07) is 3.26. The third-order valence-electron chi connectivity index (χ3n) is 3.16. The van der Waals surface area contributed by atoms with Crippen molar-refractivity contribution in [2.45, 2.75) is 6.10 Å². The third-order valence-corrected chi connectivity index (χ3v) is 3.16. The molecular formula is C13H15F2NO4. The molecule has 1 N–H and O–H groups in total. The van der Waals surface area contributed by atoms with Gasteiger partial charge in [-0.15, -0.1) is 0 Å². The topological polar surface area (TPSA) is 59.0 Å². The summed E-state index contributed by atoms with van der Waals surface area (Å²) >= 11 is 0. The maximum absolute atomic E-state index is 13.2. The molecule has 1 fully saturated rings. The molecule has 0 bridgehead atoms. The van der Waals surface area contributed by atoms with Crippen LogP contribution in [0.15, 0.2) is 18.2 Å². The van der Waals surface area contributed by atoms with Gasteiger partial charge in [-0.3, -0.25) is 9.63 Å². The van der Waals surface area contributed by atoms with Crippen LogP contribution in [0.25, 0.3) is 0 Å². The lowest BCUT2D eigenvalue weighted by Gasteiger charge is -2.16. The van der Waals surface area contributed by atoms with E-state index in [1.54, 1.807) is 0 Å². The highest BCUT2D eigenvalue weighted by Crippen LogP contribution is 2.34. The number of ether oxygens (including phenoxy) is 1. The number of methoxy groups -OCH3 is 1. The van der Waals surface area contributed by atoms with E-state index in [4.69, 9.17) is 9.57 Å². The number of carbonyl (C=O) groups is 1. The minimum atomic E-state index is -1.04. The number of rotatable bonds is 5. The Kier molecular flexibility index (Phi) is 4.64. The Labute approximate surface area is 114 Å². The lowest BCUT2D eigenvalue weighted by molar-refractivity contribution is -0.159. The molecule has 1 aromatic rings. The highest BCUT2D eigenvalue weighted by atomic mass is 19.2. The van der Waals surface area contributed by atoms with Crippen LogP contribution in [0.5, 0.6) is 0 Å². The van der Waals surface area contributed by atoms with Crippen molar-refractivity contribution in [3.05, 3.63) is 35.4 Å². The average molecular weight is 287 g/mol. The molecule has 1 aromatic carbocycles. The van der Waals surface area contributed by atoms with E-state index < -0.39 is 29.6 Å². The van der Waals surface area contributed by atoms with Crippen LogP contribution in [-0.2, 0) is 14.4 Å². The number of carboxylic acids is 1. The normalized spacial score (nSPS) is 23.1. The van der Waals surface area contributed by atoms with Gasteiger partial charge in [0.05, 0.1) is 6.61 Å². The van der Waals surface area contributed by atoms with Gasteiger partial charge in [0.15, 0.2) is 11.6 Å². The molecule has 7 heteroatoms. The summed E-state index contributed by atoms with van der Waals surface area (Å²) in [5, 5.41) is 10.7. The molecule has 0 saturated carbocycles. The first-order chi connectivity index (χ1) is 9.52. The highest BCUT2D eigenvalue weighted by Gasteiger charge is 2.40. The SMILES string of the molecule is COCCN1C[C@@H](C(=O)O)C(c2ccc(F)c(F)c2)O1. The van der Waals surface area contributed by atoms with E-state index >= 15 is 0 Å². The van der Waals surface area contributed by atoms with Gasteiger partial charge in [0.2, 0.25) is 0 Å². The van der Waals surface area contributed by atoms with Crippen LogP contribution in [0.2, 0.25) is 0 Å². The third kappa shape index (κ3) is 3.12. The fraction of sp³-hybridized carbons (Fsp3) is 0.462. The van der Waals surface area contributed by atoms with Gasteiger partial charge < -0.3 is 9.84 Å². The van der Waals surface area contributed by atoms with Crippen LogP contribution < -0.4 is 0 Å². The van der Waals surface area contributed by atoms with Crippen molar-refractivity contribution in [3.63, 3.8) is 0 Å². The number of hydrogen-bond acceptors (Lipinski definition) is 4. The Hall–Kier alpha value is -1.57. The Morgan fingerprint density at radius 2 is 2.25 bits per heavy atom. The van der Waals surface area contributed by atoms with Gasteiger partial charge in [0.1, 0.15) is 12.0 Å². The van der Waals surface area contributed by atoms with Gasteiger partial charge in [-0.25, -0.2) is 8.78 Å². The Morgan fingerprint density at radius 3 is 2.85 bits per heavy atom. The summed E-state index contributed by atoms with van der Waals surface area (Å²) in [6.07, 6.45) is -0.834. The number of halogens is 2. The zero-order valence-corrected chi connectivity index (χ0v) is 10.9. The second-order valence-electron chi connectivity index (χ2n) is 4.53. The van der Waals surface area contributed by atoms with Gasteiger partial charge in [0, 0.05) is 20.2 Å². The summed E-state index contributed by atoms with van der Waals surface area (Å²) in [4.78, 5) is 16.8. The zero-order valence-electron chi connectivity index (χ0n) is 10.9. The van der Waals surface area contributed by atoms with Crippen molar-refractivity contribution in [1.82, 2.24) is 5.06 Å². The largest absolute Gasteiger partial charge is 0.481 e. The van der Waals surface area contributed by atoms with Crippen LogP contribution in [0, 0.1) is 17.6 Å². The van der Waals surface area contributed by atoms with Crippen molar-refractivity contribution >= 4 is 5.97 Å². The summed E-state index contributed by atoms with van der Waals surface area (Å²) in [6.45, 7) is 0.958. The Balaban J connectivity index is 2.18. The molecule has 0 aliphatic carbocycles. The van der Waals surface area contributed by atoms with E-state index in [0.29, 0.717) is 18.7 Å². The van der Waals surface area contributed by atoms with Gasteiger partial charge in [-0.2, -0.15) is 5.06 Å². The van der Waals surface area contributed by atoms with E-state index in [1.165, 1.54) is 18.2 Å². The Bertz CT molecular complexity index is 497. The number of hydroxylamine groups is 2. The van der Waals surface area contributed by atoms with Crippen molar-refractivity contribution in [1.29, 1.82) is 0 Å². The van der Waals surface area contributed by atoms with Gasteiger partial charge in [-0.05, 0) is 17.7 Å². The maximum atomic E-state index is 13.2. The molecule has 20 heavy (non-hydrogen) atoms. The summed E-state index contributed by atoms with van der Waals surface area (Å²) in [5.74, 6) is -3.88. The van der Waals surface area contributed by atoms with Crippen molar-refractivity contribution in [2.24, 2.45) is 5.92 Å². The standard InChI is InChI=1S/C13H15F2NO4/c1-19-5-4-16-7-9(13(17)18)12(20-16)8-2-3-10(14)11(15)6-8/h2-3,6,9,12H,4-5,7H2,1H3,(H,17,18)/t9-,12?/m1/s1. The minimum absolute atomic E-state index is 0.169. The second-order valence-corrected chi connectivity index (χ2v) is 4.53. The molecule has 0 radical (unpaired) electrons. The van der Waals surface area contributed by atoms with Crippen LogP contribution in [-0.4, -0.2) is 42.9 Å². The molecule has 0 aromatic heterocycles. The first-order valence-electron chi connectivity index (χ1n) is 6.11.